The van der Waals surface area contributed by atoms with Crippen molar-refractivity contribution in [3.63, 3.8) is 0 Å². The van der Waals surface area contributed by atoms with E-state index < -0.39 is 0 Å². The zero-order chi connectivity index (χ0) is 15.2. The zero-order valence-corrected chi connectivity index (χ0v) is 13.2. The predicted molar refractivity (Wildman–Crippen MR) is 90.2 cm³/mol. The van der Waals surface area contributed by atoms with Gasteiger partial charge in [0.2, 0.25) is 0 Å². The topological polar surface area (TPSA) is 38.5 Å². The summed E-state index contributed by atoms with van der Waals surface area (Å²) >= 11 is 5.91. The normalized spacial score (nSPS) is 10.4. The van der Waals surface area contributed by atoms with Crippen molar-refractivity contribution < 1.29 is 4.74 Å². The Kier molecular flexibility index (Phi) is 5.34. The number of hydrogen-bond donors (Lipinski definition) is 1. The molecule has 0 aliphatic carbocycles. The van der Waals surface area contributed by atoms with Crippen molar-refractivity contribution in [1.29, 1.82) is 0 Å². The van der Waals surface area contributed by atoms with Crippen molar-refractivity contribution in [3.05, 3.63) is 53.1 Å². The maximum Gasteiger partial charge on any atom is 0.144 e. The van der Waals surface area contributed by atoms with E-state index in [9.17, 15) is 0 Å². The SMILES string of the molecule is CCCOc1cc(N(C)Cc2ccc(Cl)cc2)ccc1N. The van der Waals surface area contributed by atoms with Crippen LogP contribution in [0.5, 0.6) is 5.75 Å². The van der Waals surface area contributed by atoms with Crippen molar-refractivity contribution in [3.8, 4) is 5.75 Å². The van der Waals surface area contributed by atoms with Gasteiger partial charge in [-0.3, -0.25) is 0 Å². The third-order valence-corrected chi connectivity index (χ3v) is 3.48. The Morgan fingerprint density at radius 1 is 1.14 bits per heavy atom. The molecule has 0 fully saturated rings. The van der Waals surface area contributed by atoms with E-state index in [1.54, 1.807) is 0 Å². The Labute approximate surface area is 131 Å². The van der Waals surface area contributed by atoms with Crippen LogP contribution in [-0.2, 0) is 6.54 Å². The van der Waals surface area contributed by atoms with Crippen LogP contribution in [0.15, 0.2) is 42.5 Å². The molecule has 21 heavy (non-hydrogen) atoms. The highest BCUT2D eigenvalue weighted by molar-refractivity contribution is 6.30. The van der Waals surface area contributed by atoms with Gasteiger partial charge in [-0.15, -0.1) is 0 Å². The highest BCUT2D eigenvalue weighted by Crippen LogP contribution is 2.28. The Morgan fingerprint density at radius 2 is 1.86 bits per heavy atom. The third-order valence-electron chi connectivity index (χ3n) is 3.23. The minimum absolute atomic E-state index is 0.673. The second-order valence-corrected chi connectivity index (χ2v) is 5.49. The lowest BCUT2D eigenvalue weighted by Crippen LogP contribution is -2.16. The fraction of sp³-hybridized carbons (Fsp3) is 0.294. The molecule has 0 aliphatic rings. The number of nitrogen functional groups attached to an aromatic ring is 1. The van der Waals surface area contributed by atoms with Crippen molar-refractivity contribution in [1.82, 2.24) is 0 Å². The monoisotopic (exact) mass is 304 g/mol. The van der Waals surface area contributed by atoms with Crippen molar-refractivity contribution in [2.24, 2.45) is 0 Å². The average Bonchev–Trinajstić information content (AvgIpc) is 2.48. The van der Waals surface area contributed by atoms with Gasteiger partial charge < -0.3 is 15.4 Å². The molecular formula is C17H21ClN2O. The van der Waals surface area contributed by atoms with Gasteiger partial charge in [-0.2, -0.15) is 0 Å². The maximum absolute atomic E-state index is 5.94. The molecule has 4 heteroatoms. The van der Waals surface area contributed by atoms with Gasteiger partial charge in [-0.1, -0.05) is 30.7 Å². The minimum Gasteiger partial charge on any atom is -0.491 e. The van der Waals surface area contributed by atoms with Crippen molar-refractivity contribution >= 4 is 23.0 Å². The summed E-state index contributed by atoms with van der Waals surface area (Å²) in [5, 5.41) is 0.754. The Hall–Kier alpha value is -1.87. The molecule has 2 aromatic rings. The Bertz CT molecular complexity index is 584. The van der Waals surface area contributed by atoms with E-state index in [0.29, 0.717) is 12.3 Å². The van der Waals surface area contributed by atoms with E-state index in [1.165, 1.54) is 5.56 Å². The first-order valence-electron chi connectivity index (χ1n) is 7.08. The van der Waals surface area contributed by atoms with E-state index in [-0.39, 0.29) is 0 Å². The number of anilines is 2. The molecule has 0 saturated carbocycles. The van der Waals surface area contributed by atoms with Gasteiger partial charge in [0.1, 0.15) is 5.75 Å². The van der Waals surface area contributed by atoms with E-state index >= 15 is 0 Å². The molecule has 0 aliphatic heterocycles. The number of nitrogens with two attached hydrogens (primary N) is 1. The predicted octanol–water partition coefficient (Wildman–Crippen LogP) is 4.35. The maximum atomic E-state index is 5.94. The Balaban J connectivity index is 2.11. The molecule has 0 unspecified atom stereocenters. The summed E-state index contributed by atoms with van der Waals surface area (Å²) in [7, 11) is 2.05. The molecule has 0 spiro atoms. The van der Waals surface area contributed by atoms with Gasteiger partial charge in [0, 0.05) is 30.4 Å². The summed E-state index contributed by atoms with van der Waals surface area (Å²) < 4.78 is 5.67. The molecule has 0 bridgehead atoms. The van der Waals surface area contributed by atoms with Crippen LogP contribution in [0.2, 0.25) is 5.02 Å². The van der Waals surface area contributed by atoms with Crippen LogP contribution < -0.4 is 15.4 Å². The average molecular weight is 305 g/mol. The van der Waals surface area contributed by atoms with Crippen molar-refractivity contribution in [2.45, 2.75) is 19.9 Å². The number of hydrogen-bond acceptors (Lipinski definition) is 3. The van der Waals surface area contributed by atoms with Gasteiger partial charge in [0.25, 0.3) is 0 Å². The molecule has 0 aromatic heterocycles. The number of rotatable bonds is 6. The molecule has 2 aromatic carbocycles. The molecule has 0 radical (unpaired) electrons. The molecule has 112 valence electrons. The largest absolute Gasteiger partial charge is 0.491 e. The quantitative estimate of drug-likeness (QED) is 0.806. The molecule has 0 atom stereocenters. The molecule has 0 heterocycles. The molecule has 2 N–H and O–H groups in total. The zero-order valence-electron chi connectivity index (χ0n) is 12.5. The van der Waals surface area contributed by atoms with Gasteiger partial charge in [0.15, 0.2) is 0 Å². The fourth-order valence-corrected chi connectivity index (χ4v) is 2.18. The number of benzene rings is 2. The smallest absolute Gasteiger partial charge is 0.144 e. The molecule has 3 nitrogen and oxygen atoms in total. The van der Waals surface area contributed by atoms with Gasteiger partial charge >= 0.3 is 0 Å². The minimum atomic E-state index is 0.673. The number of halogens is 1. The lowest BCUT2D eigenvalue weighted by Gasteiger charge is -2.21. The fourth-order valence-electron chi connectivity index (χ4n) is 2.05. The van der Waals surface area contributed by atoms with Crippen LogP contribution in [-0.4, -0.2) is 13.7 Å². The first-order chi connectivity index (χ1) is 10.1. The number of ether oxygens (including phenoxy) is 1. The summed E-state index contributed by atoms with van der Waals surface area (Å²) in [5.74, 6) is 0.748. The lowest BCUT2D eigenvalue weighted by atomic mass is 10.2. The highest BCUT2D eigenvalue weighted by Gasteiger charge is 2.07. The van der Waals surface area contributed by atoms with Crippen LogP contribution in [0.25, 0.3) is 0 Å². The first kappa shape index (κ1) is 15.5. The van der Waals surface area contributed by atoms with Crippen LogP contribution >= 0.6 is 11.6 Å². The standard InChI is InChI=1S/C17H21ClN2O/c1-3-10-21-17-11-15(8-9-16(17)19)20(2)12-13-4-6-14(18)7-5-13/h4-9,11H,3,10,12,19H2,1-2H3. The van der Waals surface area contributed by atoms with Crippen LogP contribution in [0.4, 0.5) is 11.4 Å². The molecule has 2 rings (SSSR count). The third kappa shape index (κ3) is 4.30. The summed E-state index contributed by atoms with van der Waals surface area (Å²) in [4.78, 5) is 2.15. The Morgan fingerprint density at radius 3 is 2.52 bits per heavy atom. The van der Waals surface area contributed by atoms with E-state index in [1.807, 2.05) is 49.5 Å². The highest BCUT2D eigenvalue weighted by atomic mass is 35.5. The molecule has 0 amide bonds. The summed E-state index contributed by atoms with van der Waals surface area (Å²) in [6, 6.07) is 13.8. The summed E-state index contributed by atoms with van der Waals surface area (Å²) in [5.41, 5.74) is 8.89. The van der Waals surface area contributed by atoms with Gasteiger partial charge in [-0.25, -0.2) is 0 Å². The summed E-state index contributed by atoms with van der Waals surface area (Å²) in [6.07, 6.45) is 0.963. The van der Waals surface area contributed by atoms with Crippen LogP contribution in [0, 0.1) is 0 Å². The molecular weight excluding hydrogens is 284 g/mol. The van der Waals surface area contributed by atoms with Crippen LogP contribution in [0.3, 0.4) is 0 Å². The van der Waals surface area contributed by atoms with E-state index in [0.717, 1.165) is 29.4 Å². The van der Waals surface area contributed by atoms with E-state index in [2.05, 4.69) is 11.8 Å². The second kappa shape index (κ2) is 7.23. The van der Waals surface area contributed by atoms with Crippen molar-refractivity contribution in [2.75, 3.05) is 24.3 Å². The van der Waals surface area contributed by atoms with Gasteiger partial charge in [0.05, 0.1) is 12.3 Å². The number of nitrogens with zero attached hydrogens (tertiary/aromatic N) is 1. The van der Waals surface area contributed by atoms with Gasteiger partial charge in [-0.05, 0) is 36.2 Å². The summed E-state index contributed by atoms with van der Waals surface area (Å²) in [6.45, 7) is 3.55. The lowest BCUT2D eigenvalue weighted by molar-refractivity contribution is 0.319. The van der Waals surface area contributed by atoms with E-state index in [4.69, 9.17) is 22.1 Å². The molecule has 0 saturated heterocycles. The second-order valence-electron chi connectivity index (χ2n) is 5.05. The first-order valence-corrected chi connectivity index (χ1v) is 7.46. The van der Waals surface area contributed by atoms with Crippen LogP contribution in [0.1, 0.15) is 18.9 Å².